The van der Waals surface area contributed by atoms with E-state index in [4.69, 9.17) is 4.74 Å². The number of hydrogen-bond acceptors (Lipinski definition) is 4. The Bertz CT molecular complexity index is 1120. The lowest BCUT2D eigenvalue weighted by Gasteiger charge is -2.38. The second kappa shape index (κ2) is 9.08. The standard InChI is InChI=1S/C27H26N2O4/c30-26(31)25-17-28(16-19-8-2-1-3-9-19)14-15-29(25)27(32)33-18-24-22-12-6-4-10-20(22)21-11-5-7-13-23(21)24/h1-13,24-25H,14-18H2,(H,30,31). The number of hydrogen-bond donors (Lipinski definition) is 1. The number of amides is 1. The van der Waals surface area contributed by atoms with E-state index in [1.807, 2.05) is 54.6 Å². The maximum Gasteiger partial charge on any atom is 0.410 e. The minimum absolute atomic E-state index is 0.0519. The summed E-state index contributed by atoms with van der Waals surface area (Å²) in [4.78, 5) is 28.4. The topological polar surface area (TPSA) is 70.1 Å². The van der Waals surface area contributed by atoms with E-state index in [9.17, 15) is 14.7 Å². The first-order valence-corrected chi connectivity index (χ1v) is 11.2. The van der Waals surface area contributed by atoms with Gasteiger partial charge in [-0.25, -0.2) is 9.59 Å². The number of carboxylic acids is 1. The Morgan fingerprint density at radius 1 is 0.848 bits per heavy atom. The zero-order valence-electron chi connectivity index (χ0n) is 18.3. The first-order chi connectivity index (χ1) is 16.1. The van der Waals surface area contributed by atoms with Crippen molar-refractivity contribution in [1.29, 1.82) is 0 Å². The molecule has 0 bridgehead atoms. The summed E-state index contributed by atoms with van der Waals surface area (Å²) in [5.74, 6) is -1.06. The molecule has 2 aliphatic rings. The SMILES string of the molecule is O=C(O)C1CN(Cc2ccccc2)CCN1C(=O)OCC1c2ccccc2-c2ccccc21. The van der Waals surface area contributed by atoms with Crippen LogP contribution in [0.25, 0.3) is 11.1 Å². The minimum atomic E-state index is -1.01. The van der Waals surface area contributed by atoms with Gasteiger partial charge in [-0.3, -0.25) is 9.80 Å². The van der Waals surface area contributed by atoms with Crippen molar-refractivity contribution in [2.75, 3.05) is 26.2 Å². The van der Waals surface area contributed by atoms with Crippen LogP contribution >= 0.6 is 0 Å². The van der Waals surface area contributed by atoms with Gasteiger partial charge in [0.25, 0.3) is 0 Å². The molecule has 1 fully saturated rings. The molecule has 1 heterocycles. The number of piperazine rings is 1. The number of aliphatic carboxylic acids is 1. The molecular weight excluding hydrogens is 416 g/mol. The molecule has 0 aromatic heterocycles. The van der Waals surface area contributed by atoms with Crippen molar-refractivity contribution in [3.63, 3.8) is 0 Å². The summed E-state index contributed by atoms with van der Waals surface area (Å²) < 4.78 is 5.72. The van der Waals surface area contributed by atoms with Crippen molar-refractivity contribution >= 4 is 12.1 Å². The molecule has 1 aliphatic carbocycles. The largest absolute Gasteiger partial charge is 0.480 e. The van der Waals surface area contributed by atoms with E-state index in [0.717, 1.165) is 27.8 Å². The molecule has 1 atom stereocenters. The van der Waals surface area contributed by atoms with E-state index in [1.54, 1.807) is 0 Å². The Morgan fingerprint density at radius 2 is 1.45 bits per heavy atom. The highest BCUT2D eigenvalue weighted by Crippen LogP contribution is 2.44. The fourth-order valence-corrected chi connectivity index (χ4v) is 4.93. The molecule has 1 N–H and O–H groups in total. The molecule has 168 valence electrons. The lowest BCUT2D eigenvalue weighted by atomic mass is 9.98. The summed E-state index contributed by atoms with van der Waals surface area (Å²) in [5.41, 5.74) is 5.71. The molecule has 0 radical (unpaired) electrons. The Morgan fingerprint density at radius 3 is 2.09 bits per heavy atom. The van der Waals surface area contributed by atoms with Crippen molar-refractivity contribution < 1.29 is 19.4 Å². The predicted octanol–water partition coefficient (Wildman–Crippen LogP) is 4.21. The van der Waals surface area contributed by atoms with Gasteiger partial charge in [0.05, 0.1) is 0 Å². The number of carbonyl (C=O) groups excluding carboxylic acids is 1. The summed E-state index contributed by atoms with van der Waals surface area (Å²) in [6.45, 7) is 2.03. The highest BCUT2D eigenvalue weighted by molar-refractivity contribution is 5.81. The fraction of sp³-hybridized carbons (Fsp3) is 0.259. The highest BCUT2D eigenvalue weighted by atomic mass is 16.6. The van der Waals surface area contributed by atoms with E-state index in [1.165, 1.54) is 4.90 Å². The van der Waals surface area contributed by atoms with Gasteiger partial charge in [0.2, 0.25) is 0 Å². The van der Waals surface area contributed by atoms with Gasteiger partial charge in [-0.1, -0.05) is 78.9 Å². The molecular formula is C27H26N2O4. The lowest BCUT2D eigenvalue weighted by Crippen LogP contribution is -2.58. The Hall–Kier alpha value is -3.64. The number of benzene rings is 3. The minimum Gasteiger partial charge on any atom is -0.480 e. The molecule has 0 spiro atoms. The third-order valence-corrected chi connectivity index (χ3v) is 6.57. The highest BCUT2D eigenvalue weighted by Gasteiger charge is 2.37. The number of ether oxygens (including phenoxy) is 1. The van der Waals surface area contributed by atoms with Gasteiger partial charge in [0.15, 0.2) is 0 Å². The van der Waals surface area contributed by atoms with Crippen LogP contribution in [0.1, 0.15) is 22.6 Å². The van der Waals surface area contributed by atoms with Gasteiger partial charge >= 0.3 is 12.1 Å². The maximum atomic E-state index is 13.0. The van der Waals surface area contributed by atoms with Crippen molar-refractivity contribution in [3.05, 3.63) is 95.6 Å². The van der Waals surface area contributed by atoms with Crippen LogP contribution in [0.4, 0.5) is 4.79 Å². The molecule has 6 heteroatoms. The van der Waals surface area contributed by atoms with Crippen LogP contribution < -0.4 is 0 Å². The van der Waals surface area contributed by atoms with Crippen LogP contribution in [0.15, 0.2) is 78.9 Å². The van der Waals surface area contributed by atoms with Gasteiger partial charge < -0.3 is 9.84 Å². The smallest absolute Gasteiger partial charge is 0.410 e. The van der Waals surface area contributed by atoms with E-state index in [2.05, 4.69) is 29.2 Å². The third-order valence-electron chi connectivity index (χ3n) is 6.57. The molecule has 1 aliphatic heterocycles. The van der Waals surface area contributed by atoms with E-state index in [-0.39, 0.29) is 19.1 Å². The Balaban J connectivity index is 1.27. The second-order valence-corrected chi connectivity index (χ2v) is 8.57. The summed E-state index contributed by atoms with van der Waals surface area (Å²) >= 11 is 0. The number of carbonyl (C=O) groups is 2. The van der Waals surface area contributed by atoms with Gasteiger partial charge in [-0.2, -0.15) is 0 Å². The van der Waals surface area contributed by atoms with Crippen LogP contribution in [-0.4, -0.2) is 59.3 Å². The Labute approximate surface area is 193 Å². The van der Waals surface area contributed by atoms with Crippen molar-refractivity contribution in [2.24, 2.45) is 0 Å². The molecule has 6 nitrogen and oxygen atoms in total. The monoisotopic (exact) mass is 442 g/mol. The molecule has 0 saturated carbocycles. The summed E-state index contributed by atoms with van der Waals surface area (Å²) in [5, 5.41) is 9.81. The third kappa shape index (κ3) is 4.22. The predicted molar refractivity (Wildman–Crippen MR) is 125 cm³/mol. The zero-order chi connectivity index (χ0) is 22.8. The molecule has 3 aromatic carbocycles. The maximum absolute atomic E-state index is 13.0. The first kappa shape index (κ1) is 21.2. The quantitative estimate of drug-likeness (QED) is 0.641. The van der Waals surface area contributed by atoms with Crippen LogP contribution in [0.3, 0.4) is 0 Å². The van der Waals surface area contributed by atoms with E-state index < -0.39 is 18.1 Å². The summed E-state index contributed by atoms with van der Waals surface area (Å²) in [6, 6.07) is 25.3. The summed E-state index contributed by atoms with van der Waals surface area (Å²) in [7, 11) is 0. The molecule has 5 rings (SSSR count). The molecule has 1 amide bonds. The van der Waals surface area contributed by atoms with Gasteiger partial charge in [-0.15, -0.1) is 0 Å². The van der Waals surface area contributed by atoms with E-state index in [0.29, 0.717) is 19.6 Å². The number of rotatable bonds is 5. The van der Waals surface area contributed by atoms with E-state index >= 15 is 0 Å². The molecule has 3 aromatic rings. The Kier molecular flexibility index (Phi) is 5.84. The molecule has 1 saturated heterocycles. The average molecular weight is 443 g/mol. The normalized spacial score (nSPS) is 17.9. The van der Waals surface area contributed by atoms with Crippen molar-refractivity contribution in [2.45, 2.75) is 18.5 Å². The van der Waals surface area contributed by atoms with Crippen LogP contribution in [0, 0.1) is 0 Å². The molecule has 33 heavy (non-hydrogen) atoms. The van der Waals surface area contributed by atoms with Gasteiger partial charge in [0.1, 0.15) is 12.6 Å². The number of nitrogens with zero attached hydrogens (tertiary/aromatic N) is 2. The second-order valence-electron chi connectivity index (χ2n) is 8.57. The zero-order valence-corrected chi connectivity index (χ0v) is 18.3. The number of fused-ring (bicyclic) bond motifs is 3. The van der Waals surface area contributed by atoms with Crippen molar-refractivity contribution in [3.8, 4) is 11.1 Å². The van der Waals surface area contributed by atoms with Gasteiger partial charge in [0, 0.05) is 32.1 Å². The van der Waals surface area contributed by atoms with Gasteiger partial charge in [-0.05, 0) is 27.8 Å². The number of carboxylic acid groups (broad SMARTS) is 1. The van der Waals surface area contributed by atoms with Crippen LogP contribution in [0.2, 0.25) is 0 Å². The average Bonchev–Trinajstić information content (AvgIpc) is 3.17. The summed E-state index contributed by atoms with van der Waals surface area (Å²) in [6.07, 6.45) is -0.566. The van der Waals surface area contributed by atoms with Crippen molar-refractivity contribution in [1.82, 2.24) is 9.80 Å². The first-order valence-electron chi connectivity index (χ1n) is 11.2. The van der Waals surface area contributed by atoms with Crippen LogP contribution in [0.5, 0.6) is 0 Å². The van der Waals surface area contributed by atoms with Crippen LogP contribution in [-0.2, 0) is 16.1 Å². The fourth-order valence-electron chi connectivity index (χ4n) is 4.93. The lowest BCUT2D eigenvalue weighted by molar-refractivity contribution is -0.145. The molecule has 1 unspecified atom stereocenters.